The second kappa shape index (κ2) is 9.60. The van der Waals surface area contributed by atoms with Crippen molar-refractivity contribution in [1.82, 2.24) is 10.2 Å². The van der Waals surface area contributed by atoms with Crippen LogP contribution in [0.4, 0.5) is 0 Å². The third-order valence-corrected chi connectivity index (χ3v) is 4.10. The summed E-state index contributed by atoms with van der Waals surface area (Å²) in [4.78, 5) is 25.9. The second-order valence-electron chi connectivity index (χ2n) is 5.30. The third-order valence-electron chi connectivity index (χ3n) is 3.57. The van der Waals surface area contributed by atoms with Crippen LogP contribution in [0.3, 0.4) is 0 Å². The fourth-order valence-electron chi connectivity index (χ4n) is 2.26. The lowest BCUT2D eigenvalue weighted by Crippen LogP contribution is -2.38. The predicted molar refractivity (Wildman–Crippen MR) is 92.5 cm³/mol. The van der Waals surface area contributed by atoms with Crippen LogP contribution < -0.4 is 5.32 Å². The summed E-state index contributed by atoms with van der Waals surface area (Å²) in [6.07, 6.45) is 3.49. The number of benzene rings is 1. The molecule has 1 amide bonds. The molecule has 5 nitrogen and oxygen atoms in total. The van der Waals surface area contributed by atoms with Crippen LogP contribution in [0.15, 0.2) is 40.9 Å². The first kappa shape index (κ1) is 17.8. The van der Waals surface area contributed by atoms with Gasteiger partial charge in [-0.2, -0.15) is 0 Å². The van der Waals surface area contributed by atoms with Gasteiger partial charge in [-0.1, -0.05) is 15.9 Å². The highest BCUT2D eigenvalue weighted by atomic mass is 79.9. The highest BCUT2D eigenvalue weighted by Gasteiger charge is 2.09. The van der Waals surface area contributed by atoms with E-state index in [-0.39, 0.29) is 11.7 Å². The molecule has 1 aliphatic rings. The number of nitrogens with one attached hydrogen (secondary N) is 1. The van der Waals surface area contributed by atoms with Crippen LogP contribution >= 0.6 is 15.9 Å². The molecule has 1 aliphatic heterocycles. The summed E-state index contributed by atoms with van der Waals surface area (Å²) in [7, 11) is 0. The Morgan fingerprint density at radius 2 is 1.87 bits per heavy atom. The number of rotatable bonds is 7. The molecule has 1 saturated heterocycles. The average Bonchev–Trinajstić information content (AvgIpc) is 2.58. The van der Waals surface area contributed by atoms with Crippen molar-refractivity contribution >= 4 is 27.6 Å². The Morgan fingerprint density at radius 3 is 2.57 bits per heavy atom. The van der Waals surface area contributed by atoms with Crippen molar-refractivity contribution in [3.63, 3.8) is 0 Å². The Bertz CT molecular complexity index is 551. The lowest BCUT2D eigenvalue weighted by molar-refractivity contribution is -0.116. The average molecular weight is 381 g/mol. The Hall–Kier alpha value is -1.50. The quantitative estimate of drug-likeness (QED) is 0.446. The van der Waals surface area contributed by atoms with Gasteiger partial charge in [-0.25, -0.2) is 0 Å². The van der Waals surface area contributed by atoms with E-state index in [2.05, 4.69) is 26.1 Å². The molecule has 0 saturated carbocycles. The number of ketones is 1. The van der Waals surface area contributed by atoms with Crippen molar-refractivity contribution in [2.24, 2.45) is 0 Å². The molecule has 6 heteroatoms. The maximum absolute atomic E-state index is 11.9. The zero-order valence-electron chi connectivity index (χ0n) is 13.0. The normalized spacial score (nSPS) is 15.7. The topological polar surface area (TPSA) is 58.6 Å². The molecule has 1 heterocycles. The molecule has 1 fully saturated rings. The molecule has 0 spiro atoms. The minimum Gasteiger partial charge on any atom is -0.379 e. The summed E-state index contributed by atoms with van der Waals surface area (Å²) in [6, 6.07) is 7.04. The Balaban J connectivity index is 1.65. The molecule has 2 rings (SSSR count). The van der Waals surface area contributed by atoms with E-state index in [1.165, 1.54) is 12.2 Å². The van der Waals surface area contributed by atoms with E-state index >= 15 is 0 Å². The van der Waals surface area contributed by atoms with E-state index in [0.717, 1.165) is 43.7 Å². The lowest BCUT2D eigenvalue weighted by atomic mass is 10.1. The minimum atomic E-state index is -0.238. The number of allylic oxidation sites excluding steroid dienone is 1. The smallest absolute Gasteiger partial charge is 0.244 e. The van der Waals surface area contributed by atoms with E-state index in [1.54, 1.807) is 24.3 Å². The van der Waals surface area contributed by atoms with Crippen LogP contribution in [0.5, 0.6) is 0 Å². The number of amides is 1. The summed E-state index contributed by atoms with van der Waals surface area (Å²) in [6.45, 7) is 5.03. The number of morpholine rings is 1. The Labute approximate surface area is 144 Å². The van der Waals surface area contributed by atoms with E-state index in [0.29, 0.717) is 12.1 Å². The highest BCUT2D eigenvalue weighted by molar-refractivity contribution is 9.10. The maximum atomic E-state index is 11.9. The van der Waals surface area contributed by atoms with Gasteiger partial charge >= 0.3 is 0 Å². The summed E-state index contributed by atoms with van der Waals surface area (Å²) >= 11 is 3.32. The SMILES string of the molecule is O=C(/C=C/C(=O)c1ccc(Br)cc1)NCCCN1CCOCC1. The number of carbonyl (C=O) groups is 2. The third kappa shape index (κ3) is 6.64. The number of ether oxygens (including phenoxy) is 1. The molecular weight excluding hydrogens is 360 g/mol. The van der Waals surface area contributed by atoms with Crippen molar-refractivity contribution in [3.8, 4) is 0 Å². The molecule has 0 aromatic heterocycles. The molecule has 124 valence electrons. The standard InChI is InChI=1S/C17H21BrN2O3/c18-15-4-2-14(3-5-15)16(21)6-7-17(22)19-8-1-9-20-10-12-23-13-11-20/h2-7H,1,8-13H2,(H,19,22)/b7-6+. The van der Waals surface area contributed by atoms with Gasteiger partial charge in [-0.05, 0) is 43.3 Å². The zero-order chi connectivity index (χ0) is 16.5. The first-order chi connectivity index (χ1) is 11.1. The van der Waals surface area contributed by atoms with E-state index < -0.39 is 0 Å². The number of hydrogen-bond donors (Lipinski definition) is 1. The molecule has 0 unspecified atom stereocenters. The first-order valence-corrected chi connectivity index (χ1v) is 8.50. The van der Waals surface area contributed by atoms with Crippen molar-refractivity contribution in [3.05, 3.63) is 46.5 Å². The van der Waals surface area contributed by atoms with Gasteiger partial charge in [0.05, 0.1) is 13.2 Å². The van der Waals surface area contributed by atoms with Gasteiger partial charge in [0.1, 0.15) is 0 Å². The van der Waals surface area contributed by atoms with Crippen LogP contribution in [0.1, 0.15) is 16.8 Å². The molecule has 1 aromatic carbocycles. The number of halogens is 1. The molecule has 0 aliphatic carbocycles. The van der Waals surface area contributed by atoms with E-state index in [1.807, 2.05) is 0 Å². The van der Waals surface area contributed by atoms with Gasteiger partial charge in [0, 0.05) is 35.7 Å². The lowest BCUT2D eigenvalue weighted by Gasteiger charge is -2.26. The van der Waals surface area contributed by atoms with Crippen LogP contribution in [0, 0.1) is 0 Å². The fraction of sp³-hybridized carbons (Fsp3) is 0.412. The molecular formula is C17H21BrN2O3. The minimum absolute atomic E-state index is 0.180. The maximum Gasteiger partial charge on any atom is 0.244 e. The molecule has 1 N–H and O–H groups in total. The molecule has 23 heavy (non-hydrogen) atoms. The largest absolute Gasteiger partial charge is 0.379 e. The number of carbonyl (C=O) groups excluding carboxylic acids is 2. The summed E-state index contributed by atoms with van der Waals surface area (Å²) in [5, 5.41) is 2.79. The monoisotopic (exact) mass is 380 g/mol. The van der Waals surface area contributed by atoms with Crippen LogP contribution in [-0.4, -0.2) is 56.0 Å². The van der Waals surface area contributed by atoms with Gasteiger partial charge < -0.3 is 10.1 Å². The number of hydrogen-bond acceptors (Lipinski definition) is 4. The van der Waals surface area contributed by atoms with Crippen molar-refractivity contribution < 1.29 is 14.3 Å². The molecule has 1 aromatic rings. The summed E-state index contributed by atoms with van der Waals surface area (Å²) in [5.41, 5.74) is 0.560. The van der Waals surface area contributed by atoms with E-state index in [4.69, 9.17) is 4.74 Å². The van der Waals surface area contributed by atoms with Crippen molar-refractivity contribution in [1.29, 1.82) is 0 Å². The van der Waals surface area contributed by atoms with E-state index in [9.17, 15) is 9.59 Å². The second-order valence-corrected chi connectivity index (χ2v) is 6.22. The number of nitrogens with zero attached hydrogens (tertiary/aromatic N) is 1. The molecule has 0 radical (unpaired) electrons. The van der Waals surface area contributed by atoms with Crippen molar-refractivity contribution in [2.45, 2.75) is 6.42 Å². The van der Waals surface area contributed by atoms with Gasteiger partial charge in [0.2, 0.25) is 5.91 Å². The van der Waals surface area contributed by atoms with Gasteiger partial charge in [-0.15, -0.1) is 0 Å². The van der Waals surface area contributed by atoms with Crippen LogP contribution in [0.2, 0.25) is 0 Å². The first-order valence-electron chi connectivity index (χ1n) is 7.71. The summed E-state index contributed by atoms with van der Waals surface area (Å²) in [5.74, 6) is -0.418. The van der Waals surface area contributed by atoms with Crippen LogP contribution in [0.25, 0.3) is 0 Å². The summed E-state index contributed by atoms with van der Waals surface area (Å²) < 4.78 is 6.20. The molecule has 0 bridgehead atoms. The Kier molecular flexibility index (Phi) is 7.45. The van der Waals surface area contributed by atoms with Gasteiger partial charge in [0.25, 0.3) is 0 Å². The van der Waals surface area contributed by atoms with Crippen molar-refractivity contribution in [2.75, 3.05) is 39.4 Å². The van der Waals surface area contributed by atoms with Gasteiger partial charge in [-0.3, -0.25) is 14.5 Å². The molecule has 0 atom stereocenters. The van der Waals surface area contributed by atoms with Gasteiger partial charge in [0.15, 0.2) is 5.78 Å². The Morgan fingerprint density at radius 1 is 1.17 bits per heavy atom. The zero-order valence-corrected chi connectivity index (χ0v) is 14.5. The predicted octanol–water partition coefficient (Wildman–Crippen LogP) is 2.03. The highest BCUT2D eigenvalue weighted by Crippen LogP contribution is 2.11. The fourth-order valence-corrected chi connectivity index (χ4v) is 2.52. The van der Waals surface area contributed by atoms with Crippen LogP contribution in [-0.2, 0) is 9.53 Å².